The van der Waals surface area contributed by atoms with Crippen molar-refractivity contribution >= 4 is 23.9 Å². The lowest BCUT2D eigenvalue weighted by molar-refractivity contribution is 0.0487. The van der Waals surface area contributed by atoms with E-state index in [0.717, 1.165) is 5.56 Å². The molecule has 0 saturated heterocycles. The van der Waals surface area contributed by atoms with E-state index in [1.54, 1.807) is 0 Å². The van der Waals surface area contributed by atoms with Crippen molar-refractivity contribution in [3.63, 3.8) is 0 Å². The van der Waals surface area contributed by atoms with Crippen molar-refractivity contribution in [1.29, 1.82) is 0 Å². The molecule has 6 nitrogen and oxygen atoms in total. The first-order chi connectivity index (χ1) is 13.2. The van der Waals surface area contributed by atoms with Crippen LogP contribution < -0.4 is 5.32 Å². The standard InChI is InChI=1S/C21H29N3O3S/c1-15(2)14-17(22-19(25)27-21(3,4)5)18-23-24-20(26-18)28-13-9-12-16-10-7-6-8-11-16/h6-12,15,17H,13-14H2,1-5H3,(H,22,25)/b12-9+/t17-/m1/s1. The number of nitrogens with zero attached hydrogens (tertiary/aromatic N) is 2. The molecule has 0 aliphatic carbocycles. The highest BCUT2D eigenvalue weighted by atomic mass is 32.2. The monoisotopic (exact) mass is 403 g/mol. The Morgan fingerprint density at radius 1 is 1.25 bits per heavy atom. The van der Waals surface area contributed by atoms with Gasteiger partial charge >= 0.3 is 6.09 Å². The molecule has 0 bridgehead atoms. The minimum Gasteiger partial charge on any atom is -0.444 e. The van der Waals surface area contributed by atoms with Crippen molar-refractivity contribution in [1.82, 2.24) is 15.5 Å². The zero-order valence-electron chi connectivity index (χ0n) is 17.1. The summed E-state index contributed by atoms with van der Waals surface area (Å²) in [5.74, 6) is 1.45. The van der Waals surface area contributed by atoms with Crippen LogP contribution in [0, 0.1) is 5.92 Å². The Bertz CT molecular complexity index is 767. The first-order valence-electron chi connectivity index (χ1n) is 9.40. The van der Waals surface area contributed by atoms with Crippen LogP contribution in [0.4, 0.5) is 4.79 Å². The number of carbonyl (C=O) groups excluding carboxylic acids is 1. The number of rotatable bonds is 8. The summed E-state index contributed by atoms with van der Waals surface area (Å²) in [6, 6.07) is 9.71. The molecule has 1 atom stereocenters. The van der Waals surface area contributed by atoms with Gasteiger partial charge in [0.25, 0.3) is 5.22 Å². The van der Waals surface area contributed by atoms with Crippen LogP contribution in [0.2, 0.25) is 0 Å². The fourth-order valence-electron chi connectivity index (χ4n) is 2.43. The minimum absolute atomic E-state index is 0.344. The Kier molecular flexibility index (Phi) is 8.11. The van der Waals surface area contributed by atoms with Gasteiger partial charge in [-0.15, -0.1) is 10.2 Å². The number of thioether (sulfide) groups is 1. The Hall–Kier alpha value is -2.28. The third kappa shape index (κ3) is 8.17. The average Bonchev–Trinajstić information content (AvgIpc) is 3.06. The normalized spacial score (nSPS) is 13.1. The van der Waals surface area contributed by atoms with Crippen molar-refractivity contribution in [2.24, 2.45) is 5.92 Å². The lowest BCUT2D eigenvalue weighted by Gasteiger charge is -2.22. The van der Waals surface area contributed by atoms with Gasteiger partial charge in [-0.1, -0.05) is 68.1 Å². The highest BCUT2D eigenvalue weighted by Crippen LogP contribution is 2.24. The van der Waals surface area contributed by atoms with Gasteiger partial charge in [0, 0.05) is 5.75 Å². The summed E-state index contributed by atoms with van der Waals surface area (Å²) in [6.45, 7) is 9.63. The molecule has 1 N–H and O–H groups in total. The van der Waals surface area contributed by atoms with Crippen LogP contribution >= 0.6 is 11.8 Å². The van der Waals surface area contributed by atoms with Gasteiger partial charge in [-0.2, -0.15) is 0 Å². The third-order valence-corrected chi connectivity index (χ3v) is 4.30. The molecular weight excluding hydrogens is 374 g/mol. The fourth-order valence-corrected chi connectivity index (χ4v) is 3.01. The molecule has 0 saturated carbocycles. The molecule has 28 heavy (non-hydrogen) atoms. The number of benzene rings is 1. The second-order valence-electron chi connectivity index (χ2n) is 7.86. The molecule has 1 aromatic heterocycles. The van der Waals surface area contributed by atoms with Crippen molar-refractivity contribution in [2.45, 2.75) is 57.9 Å². The zero-order chi connectivity index (χ0) is 20.6. The second kappa shape index (κ2) is 10.3. The second-order valence-corrected chi connectivity index (χ2v) is 8.83. The number of aromatic nitrogens is 2. The van der Waals surface area contributed by atoms with Crippen molar-refractivity contribution in [3.05, 3.63) is 47.9 Å². The van der Waals surface area contributed by atoms with Crippen molar-refractivity contribution < 1.29 is 13.9 Å². The molecule has 1 amide bonds. The van der Waals surface area contributed by atoms with Gasteiger partial charge in [0.05, 0.1) is 0 Å². The van der Waals surface area contributed by atoms with Crippen LogP contribution in [0.1, 0.15) is 58.5 Å². The maximum Gasteiger partial charge on any atom is 0.408 e. The van der Waals surface area contributed by atoms with Crippen LogP contribution in [0.15, 0.2) is 46.0 Å². The van der Waals surface area contributed by atoms with E-state index in [4.69, 9.17) is 9.15 Å². The average molecular weight is 404 g/mol. The van der Waals surface area contributed by atoms with E-state index in [9.17, 15) is 4.79 Å². The lowest BCUT2D eigenvalue weighted by atomic mass is 10.0. The number of nitrogens with one attached hydrogen (secondary N) is 1. The molecule has 0 fully saturated rings. The maximum absolute atomic E-state index is 12.1. The van der Waals surface area contributed by atoms with E-state index >= 15 is 0 Å². The SMILES string of the molecule is CC(C)C[C@@H](NC(=O)OC(C)(C)C)c1nnc(SC/C=C/c2ccccc2)o1. The van der Waals surface area contributed by atoms with Gasteiger partial charge in [-0.25, -0.2) is 4.79 Å². The van der Waals surface area contributed by atoms with Crippen LogP contribution in [-0.2, 0) is 4.74 Å². The van der Waals surface area contributed by atoms with E-state index in [-0.39, 0.29) is 6.04 Å². The molecule has 1 aromatic carbocycles. The predicted octanol–water partition coefficient (Wildman–Crippen LogP) is 5.49. The number of hydrogen-bond acceptors (Lipinski definition) is 6. The molecule has 1 heterocycles. The molecule has 0 aliphatic heterocycles. The van der Waals surface area contributed by atoms with Gasteiger partial charge in [0.15, 0.2) is 0 Å². The smallest absolute Gasteiger partial charge is 0.408 e. The van der Waals surface area contributed by atoms with Crippen LogP contribution in [-0.4, -0.2) is 27.6 Å². The maximum atomic E-state index is 12.1. The molecule has 0 spiro atoms. The summed E-state index contributed by atoms with van der Waals surface area (Å²) < 4.78 is 11.1. The third-order valence-electron chi connectivity index (χ3n) is 3.53. The van der Waals surface area contributed by atoms with E-state index in [1.807, 2.05) is 51.1 Å². The molecule has 2 aromatic rings. The predicted molar refractivity (Wildman–Crippen MR) is 112 cm³/mol. The Morgan fingerprint density at radius 2 is 1.96 bits per heavy atom. The highest BCUT2D eigenvalue weighted by Gasteiger charge is 2.25. The number of amides is 1. The summed E-state index contributed by atoms with van der Waals surface area (Å²) in [5, 5.41) is 11.5. The number of hydrogen-bond donors (Lipinski definition) is 1. The molecule has 0 unspecified atom stereocenters. The topological polar surface area (TPSA) is 77.2 Å². The molecule has 152 valence electrons. The summed E-state index contributed by atoms with van der Waals surface area (Å²) in [7, 11) is 0. The molecule has 0 aliphatic rings. The summed E-state index contributed by atoms with van der Waals surface area (Å²) in [6.07, 6.45) is 4.29. The Labute approximate surface area is 171 Å². The van der Waals surface area contributed by atoms with Crippen molar-refractivity contribution in [3.8, 4) is 0 Å². The number of alkyl carbamates (subject to hydrolysis) is 1. The van der Waals surface area contributed by atoms with Gasteiger partial charge in [-0.05, 0) is 38.7 Å². The van der Waals surface area contributed by atoms with Crippen LogP contribution in [0.5, 0.6) is 0 Å². The number of carbonyl (C=O) groups is 1. The first kappa shape index (κ1) is 22.0. The van der Waals surface area contributed by atoms with Crippen molar-refractivity contribution in [2.75, 3.05) is 5.75 Å². The van der Waals surface area contributed by atoms with Crippen LogP contribution in [0.25, 0.3) is 6.08 Å². The Balaban J connectivity index is 1.94. The molecule has 2 rings (SSSR count). The van der Waals surface area contributed by atoms with E-state index in [1.165, 1.54) is 11.8 Å². The first-order valence-corrected chi connectivity index (χ1v) is 10.4. The van der Waals surface area contributed by atoms with Gasteiger partial charge in [-0.3, -0.25) is 0 Å². The highest BCUT2D eigenvalue weighted by molar-refractivity contribution is 7.99. The van der Waals surface area contributed by atoms with Crippen LogP contribution in [0.3, 0.4) is 0 Å². The minimum atomic E-state index is -0.562. The quantitative estimate of drug-likeness (QED) is 0.588. The van der Waals surface area contributed by atoms with Gasteiger partial charge in [0.2, 0.25) is 5.89 Å². The van der Waals surface area contributed by atoms with Gasteiger partial charge in [0.1, 0.15) is 11.6 Å². The fraction of sp³-hybridized carbons (Fsp3) is 0.476. The summed E-state index contributed by atoms with van der Waals surface area (Å²) >= 11 is 1.45. The summed E-state index contributed by atoms with van der Waals surface area (Å²) in [5.41, 5.74) is 0.584. The summed E-state index contributed by atoms with van der Waals surface area (Å²) in [4.78, 5) is 12.1. The molecule has 0 radical (unpaired) electrons. The lowest BCUT2D eigenvalue weighted by Crippen LogP contribution is -2.35. The van der Waals surface area contributed by atoms with Gasteiger partial charge < -0.3 is 14.5 Å². The van der Waals surface area contributed by atoms with E-state index < -0.39 is 11.7 Å². The molecule has 7 heteroatoms. The Morgan fingerprint density at radius 3 is 2.61 bits per heavy atom. The molecular formula is C21H29N3O3S. The zero-order valence-corrected chi connectivity index (χ0v) is 18.0. The van der Waals surface area contributed by atoms with E-state index in [0.29, 0.717) is 29.2 Å². The van der Waals surface area contributed by atoms with E-state index in [2.05, 4.69) is 41.5 Å². The number of ether oxygens (including phenoxy) is 1. The largest absolute Gasteiger partial charge is 0.444 e.